The Hall–Kier alpha value is -5.46. The molecule has 3 heterocycles. The maximum absolute atomic E-state index is 7.10. The highest BCUT2D eigenvalue weighted by Crippen LogP contribution is 2.56. The van der Waals surface area contributed by atoms with Crippen molar-refractivity contribution >= 4 is 17.7 Å². The van der Waals surface area contributed by atoms with Gasteiger partial charge in [-0.25, -0.2) is 0 Å². The molecule has 232 valence electrons. The predicted molar refractivity (Wildman–Crippen MR) is 185 cm³/mol. The molecule has 1 saturated heterocycles. The van der Waals surface area contributed by atoms with E-state index in [1.54, 1.807) is 0 Å². The molecular weight excluding hydrogens is 582 g/mol. The summed E-state index contributed by atoms with van der Waals surface area (Å²) in [6, 6.07) is 51.5. The summed E-state index contributed by atoms with van der Waals surface area (Å²) in [5.74, 6) is -1.37. The summed E-state index contributed by atoms with van der Waals surface area (Å²) in [6.07, 6.45) is 2.17. The number of fused-ring (bicyclic) bond motifs is 1. The number of benzene rings is 5. The normalized spacial score (nSPS) is 25.1. The van der Waals surface area contributed by atoms with E-state index in [9.17, 15) is 0 Å². The van der Waals surface area contributed by atoms with Gasteiger partial charge in [-0.05, 0) is 47.0 Å². The zero-order valence-corrected chi connectivity index (χ0v) is 26.1. The van der Waals surface area contributed by atoms with E-state index in [-0.39, 0.29) is 12.0 Å². The smallest absolute Gasteiger partial charge is 0.346 e. The second-order valence-corrected chi connectivity index (χ2v) is 12.3. The first-order valence-electron chi connectivity index (χ1n) is 16.1. The first-order chi connectivity index (χ1) is 23.2. The molecule has 0 unspecified atom stereocenters. The van der Waals surface area contributed by atoms with Crippen molar-refractivity contribution in [1.82, 2.24) is 4.90 Å². The molecule has 6 nitrogen and oxygen atoms in total. The minimum absolute atomic E-state index is 0.0568. The Morgan fingerprint density at radius 2 is 1.26 bits per heavy atom. The molecule has 8 rings (SSSR count). The molecule has 47 heavy (non-hydrogen) atoms. The van der Waals surface area contributed by atoms with Crippen LogP contribution in [0.1, 0.15) is 46.7 Å². The van der Waals surface area contributed by atoms with Gasteiger partial charge in [0, 0.05) is 29.3 Å². The van der Waals surface area contributed by atoms with Crippen molar-refractivity contribution in [2.45, 2.75) is 30.3 Å². The summed E-state index contributed by atoms with van der Waals surface area (Å²) in [6.45, 7) is 3.27. The molecule has 4 atom stereocenters. The largest absolute Gasteiger partial charge is 0.422 e. The number of oxime groups is 2. The molecule has 6 heteroatoms. The molecule has 2 spiro atoms. The van der Waals surface area contributed by atoms with Crippen LogP contribution in [0.5, 0.6) is 0 Å². The quantitative estimate of drug-likeness (QED) is 0.193. The number of piperidine rings is 1. The van der Waals surface area contributed by atoms with Crippen molar-refractivity contribution in [2.75, 3.05) is 13.1 Å². The lowest BCUT2D eigenvalue weighted by atomic mass is 9.68. The second-order valence-electron chi connectivity index (χ2n) is 12.3. The summed E-state index contributed by atoms with van der Waals surface area (Å²) < 4.78 is 7.10. The van der Waals surface area contributed by atoms with Crippen LogP contribution in [0.4, 0.5) is 0 Å². The molecule has 3 aliphatic rings. The Kier molecular flexibility index (Phi) is 7.43. The van der Waals surface area contributed by atoms with E-state index in [4.69, 9.17) is 19.6 Å². The summed E-state index contributed by atoms with van der Waals surface area (Å²) >= 11 is 0. The van der Waals surface area contributed by atoms with E-state index in [1.807, 2.05) is 72.8 Å². The molecule has 0 radical (unpaired) electrons. The third-order valence-electron chi connectivity index (χ3n) is 9.53. The summed E-state index contributed by atoms with van der Waals surface area (Å²) in [7, 11) is 0. The molecule has 5 aromatic carbocycles. The van der Waals surface area contributed by atoms with Crippen LogP contribution in [0.3, 0.4) is 0 Å². The minimum Gasteiger partial charge on any atom is -0.422 e. The van der Waals surface area contributed by atoms with Gasteiger partial charge in [-0.3, -0.25) is 4.90 Å². The Labute approximate surface area is 275 Å². The minimum atomic E-state index is -1.43. The van der Waals surface area contributed by atoms with Crippen molar-refractivity contribution in [3.63, 3.8) is 0 Å². The van der Waals surface area contributed by atoms with Gasteiger partial charge in [0.2, 0.25) is 5.60 Å². The van der Waals surface area contributed by atoms with Crippen molar-refractivity contribution < 1.29 is 14.4 Å². The Morgan fingerprint density at radius 3 is 1.91 bits per heavy atom. The van der Waals surface area contributed by atoms with Crippen LogP contribution in [0.2, 0.25) is 0 Å². The average Bonchev–Trinajstić information content (AvgIpc) is 3.76. The molecular formula is C41H35N3O3. The van der Waals surface area contributed by atoms with Crippen molar-refractivity contribution in [2.24, 2.45) is 10.3 Å². The van der Waals surface area contributed by atoms with Gasteiger partial charge in [0.25, 0.3) is 5.90 Å². The van der Waals surface area contributed by atoms with Crippen LogP contribution < -0.4 is 0 Å². The fourth-order valence-corrected chi connectivity index (χ4v) is 7.15. The maximum atomic E-state index is 7.10. The van der Waals surface area contributed by atoms with Gasteiger partial charge in [-0.2, -0.15) is 0 Å². The van der Waals surface area contributed by atoms with E-state index in [0.717, 1.165) is 33.5 Å². The van der Waals surface area contributed by atoms with Gasteiger partial charge >= 0.3 is 5.79 Å². The molecule has 3 aliphatic heterocycles. The molecule has 0 saturated carbocycles. The number of hydrogen-bond acceptors (Lipinski definition) is 6. The fraction of sp³-hybridized carbons (Fsp3) is 0.171. The van der Waals surface area contributed by atoms with E-state index in [0.29, 0.717) is 19.0 Å². The number of likely N-dealkylation sites (tertiary alicyclic amines) is 1. The first-order valence-corrected chi connectivity index (χ1v) is 16.1. The van der Waals surface area contributed by atoms with Crippen molar-refractivity contribution in [3.05, 3.63) is 185 Å². The summed E-state index contributed by atoms with van der Waals surface area (Å²) in [4.78, 5) is 16.1. The predicted octanol–water partition coefficient (Wildman–Crippen LogP) is 8.21. The monoisotopic (exact) mass is 617 g/mol. The Morgan fingerprint density at radius 1 is 0.681 bits per heavy atom. The standard InChI is InChI=1S/C41H35N3O3/c1-30(32-19-9-3-10-20-32)44-28-36(27-31-17-7-2-8-18-31)41(45-39(43-47-41)35-25-15-6-16-26-35)40(29-44)37(33-21-11-4-12-22-33)38(42-46-40)34-23-13-5-14-24-34/h2-27,30,37H,28-29H2,1H3/b36-27+/t30-,37-,40-,41+/m1/s1. The molecule has 0 aromatic heterocycles. The second kappa shape index (κ2) is 12.0. The van der Waals surface area contributed by atoms with Crippen LogP contribution >= 0.6 is 0 Å². The SMILES string of the molecule is C[C@H](c1ccccc1)N1C/C(=C\c2ccccc2)[C@]2(ON=C(c3ccccc3)O2)[C@]2(C1)ON=C(c1ccccc1)[C@H]2c1ccccc1. The van der Waals surface area contributed by atoms with Gasteiger partial charge in [0.1, 0.15) is 0 Å². The number of ether oxygens (including phenoxy) is 1. The molecule has 1 fully saturated rings. The zero-order valence-electron chi connectivity index (χ0n) is 26.1. The molecule has 0 amide bonds. The Balaban J connectivity index is 1.35. The van der Waals surface area contributed by atoms with Crippen LogP contribution in [0, 0.1) is 0 Å². The van der Waals surface area contributed by atoms with Crippen LogP contribution in [-0.2, 0) is 14.4 Å². The summed E-state index contributed by atoms with van der Waals surface area (Å²) in [5, 5.41) is 9.57. The first kappa shape index (κ1) is 29.0. The van der Waals surface area contributed by atoms with E-state index in [2.05, 4.69) is 102 Å². The highest BCUT2D eigenvalue weighted by Gasteiger charge is 2.74. The van der Waals surface area contributed by atoms with Crippen LogP contribution in [0.15, 0.2) is 168 Å². The lowest BCUT2D eigenvalue weighted by Crippen LogP contribution is -2.69. The van der Waals surface area contributed by atoms with Crippen molar-refractivity contribution in [1.29, 1.82) is 0 Å². The number of hydrogen-bond donors (Lipinski definition) is 0. The third-order valence-corrected chi connectivity index (χ3v) is 9.53. The topological polar surface area (TPSA) is 55.7 Å². The van der Waals surface area contributed by atoms with Crippen LogP contribution in [-0.4, -0.2) is 41.0 Å². The molecule has 0 bridgehead atoms. The van der Waals surface area contributed by atoms with Crippen LogP contribution in [0.25, 0.3) is 6.08 Å². The van der Waals surface area contributed by atoms with Gasteiger partial charge in [0.15, 0.2) is 0 Å². The molecule has 0 aliphatic carbocycles. The number of nitrogens with zero attached hydrogens (tertiary/aromatic N) is 3. The third kappa shape index (κ3) is 5.02. The van der Waals surface area contributed by atoms with Gasteiger partial charge in [0.05, 0.1) is 18.2 Å². The molecule has 5 aromatic rings. The Bertz CT molecular complexity index is 1930. The average molecular weight is 618 g/mol. The van der Waals surface area contributed by atoms with Gasteiger partial charge in [-0.1, -0.05) is 145 Å². The highest BCUT2D eigenvalue weighted by molar-refractivity contribution is 6.07. The van der Waals surface area contributed by atoms with Gasteiger partial charge in [-0.15, -0.1) is 0 Å². The van der Waals surface area contributed by atoms with E-state index in [1.165, 1.54) is 5.56 Å². The lowest BCUT2D eigenvalue weighted by Gasteiger charge is -2.52. The zero-order chi connectivity index (χ0) is 31.7. The fourth-order valence-electron chi connectivity index (χ4n) is 7.15. The van der Waals surface area contributed by atoms with E-state index < -0.39 is 11.4 Å². The summed E-state index contributed by atoms with van der Waals surface area (Å²) in [5.41, 5.74) is 5.68. The van der Waals surface area contributed by atoms with Gasteiger partial charge < -0.3 is 14.4 Å². The lowest BCUT2D eigenvalue weighted by molar-refractivity contribution is -0.279. The maximum Gasteiger partial charge on any atom is 0.346 e. The van der Waals surface area contributed by atoms with Crippen molar-refractivity contribution in [3.8, 4) is 0 Å². The highest BCUT2D eigenvalue weighted by atomic mass is 16.8. The van der Waals surface area contributed by atoms with E-state index >= 15 is 0 Å². The molecule has 0 N–H and O–H groups in total. The number of rotatable bonds is 6.